The first-order chi connectivity index (χ1) is 10.3. The Morgan fingerprint density at radius 2 is 1.95 bits per heavy atom. The van der Waals surface area contributed by atoms with Gasteiger partial charge in [-0.3, -0.25) is 0 Å². The molecule has 0 aliphatic heterocycles. The molecule has 0 spiro atoms. The lowest BCUT2D eigenvalue weighted by Gasteiger charge is -2.07. The number of rotatable bonds is 9. The van der Waals surface area contributed by atoms with Crippen molar-refractivity contribution in [2.75, 3.05) is 40.1 Å². The molecule has 0 saturated carbocycles. The number of hydrogen-bond acceptors (Lipinski definition) is 4. The van der Waals surface area contributed by atoms with Crippen molar-refractivity contribution in [3.63, 3.8) is 0 Å². The van der Waals surface area contributed by atoms with Gasteiger partial charge in [-0.15, -0.1) is 0 Å². The number of ether oxygens (including phenoxy) is 3. The van der Waals surface area contributed by atoms with Crippen molar-refractivity contribution >= 4 is 0 Å². The number of benzene rings is 1. The van der Waals surface area contributed by atoms with E-state index in [-0.39, 0.29) is 12.4 Å². The van der Waals surface area contributed by atoms with E-state index in [1.807, 2.05) is 0 Å². The lowest BCUT2D eigenvalue weighted by Crippen LogP contribution is -2.07. The summed E-state index contributed by atoms with van der Waals surface area (Å²) in [6, 6.07) is 4.34. The van der Waals surface area contributed by atoms with Crippen molar-refractivity contribution in [1.29, 1.82) is 0 Å². The highest BCUT2D eigenvalue weighted by atomic mass is 19.1. The highest BCUT2D eigenvalue weighted by molar-refractivity contribution is 5.41. The third-order valence-electron chi connectivity index (χ3n) is 2.64. The first-order valence-electron chi connectivity index (χ1n) is 6.80. The van der Waals surface area contributed by atoms with Crippen molar-refractivity contribution < 1.29 is 23.7 Å². The minimum Gasteiger partial charge on any atom is -0.385 e. The lowest BCUT2D eigenvalue weighted by molar-refractivity contribution is 0.0336. The Morgan fingerprint density at radius 1 is 1.14 bits per heavy atom. The molecule has 21 heavy (non-hydrogen) atoms. The van der Waals surface area contributed by atoms with Gasteiger partial charge in [0.25, 0.3) is 0 Å². The predicted molar refractivity (Wildman–Crippen MR) is 77.3 cm³/mol. The van der Waals surface area contributed by atoms with Crippen LogP contribution in [-0.2, 0) is 20.8 Å². The van der Waals surface area contributed by atoms with Gasteiger partial charge in [-0.2, -0.15) is 0 Å². The summed E-state index contributed by atoms with van der Waals surface area (Å²) in [6.45, 7) is 2.35. The molecule has 0 saturated heterocycles. The maximum Gasteiger partial charge on any atom is 0.124 e. The van der Waals surface area contributed by atoms with Crippen LogP contribution in [0.25, 0.3) is 0 Å². The molecule has 0 bridgehead atoms. The number of hydrogen-bond donors (Lipinski definition) is 1. The van der Waals surface area contributed by atoms with Crippen LogP contribution in [-0.4, -0.2) is 45.3 Å². The fourth-order valence-electron chi connectivity index (χ4n) is 1.63. The van der Waals surface area contributed by atoms with Crippen molar-refractivity contribution in [3.8, 4) is 11.8 Å². The van der Waals surface area contributed by atoms with E-state index in [0.29, 0.717) is 38.6 Å². The van der Waals surface area contributed by atoms with Gasteiger partial charge in [0.15, 0.2) is 0 Å². The first-order valence-corrected chi connectivity index (χ1v) is 6.80. The molecule has 0 fully saturated rings. The smallest absolute Gasteiger partial charge is 0.124 e. The minimum atomic E-state index is -0.359. The highest BCUT2D eigenvalue weighted by Crippen LogP contribution is 2.11. The van der Waals surface area contributed by atoms with Gasteiger partial charge in [-0.1, -0.05) is 17.9 Å². The molecule has 0 heterocycles. The summed E-state index contributed by atoms with van der Waals surface area (Å²) in [5.74, 6) is 4.86. The van der Waals surface area contributed by atoms with Crippen molar-refractivity contribution in [2.24, 2.45) is 0 Å². The molecule has 1 aromatic rings. The van der Waals surface area contributed by atoms with E-state index in [1.165, 1.54) is 12.1 Å². The zero-order valence-corrected chi connectivity index (χ0v) is 12.2. The Balaban J connectivity index is 2.31. The summed E-state index contributed by atoms with van der Waals surface area (Å²) in [4.78, 5) is 0. The van der Waals surface area contributed by atoms with Gasteiger partial charge in [0.1, 0.15) is 12.4 Å². The second-order valence-electron chi connectivity index (χ2n) is 4.27. The molecule has 0 aliphatic rings. The minimum absolute atomic E-state index is 0.258. The standard InChI is InChI=1S/C16H21FO4/c1-19-8-3-9-20-10-11-21-13-15-5-6-16(17)12-14(15)4-2-7-18/h5-6,12,18H,3,7-11,13H2,1H3. The fourth-order valence-corrected chi connectivity index (χ4v) is 1.63. The Hall–Kier alpha value is -1.45. The lowest BCUT2D eigenvalue weighted by atomic mass is 10.1. The zero-order valence-electron chi connectivity index (χ0n) is 12.2. The summed E-state index contributed by atoms with van der Waals surface area (Å²) < 4.78 is 28.9. The monoisotopic (exact) mass is 296 g/mol. The van der Waals surface area contributed by atoms with Gasteiger partial charge in [0.05, 0.1) is 19.8 Å². The van der Waals surface area contributed by atoms with E-state index < -0.39 is 0 Å². The Kier molecular flexibility index (Phi) is 9.42. The van der Waals surface area contributed by atoms with E-state index in [9.17, 15) is 4.39 Å². The molecular weight excluding hydrogens is 275 g/mol. The van der Waals surface area contributed by atoms with E-state index >= 15 is 0 Å². The molecule has 0 atom stereocenters. The molecule has 5 heteroatoms. The molecule has 1 rings (SSSR count). The van der Waals surface area contributed by atoms with Gasteiger partial charge in [0.2, 0.25) is 0 Å². The summed E-state index contributed by atoms with van der Waals surface area (Å²) in [5, 5.41) is 8.70. The van der Waals surface area contributed by atoms with E-state index in [1.54, 1.807) is 13.2 Å². The van der Waals surface area contributed by atoms with Gasteiger partial charge in [-0.25, -0.2) is 4.39 Å². The van der Waals surface area contributed by atoms with E-state index in [4.69, 9.17) is 19.3 Å². The summed E-state index contributed by atoms with van der Waals surface area (Å²) in [5.41, 5.74) is 1.32. The van der Waals surface area contributed by atoms with Crippen LogP contribution in [0.4, 0.5) is 4.39 Å². The first kappa shape index (κ1) is 17.6. The second-order valence-corrected chi connectivity index (χ2v) is 4.27. The quantitative estimate of drug-likeness (QED) is 0.557. The maximum absolute atomic E-state index is 13.2. The van der Waals surface area contributed by atoms with Crippen molar-refractivity contribution in [1.82, 2.24) is 0 Å². The predicted octanol–water partition coefficient (Wildman–Crippen LogP) is 1.74. The average Bonchev–Trinajstić information content (AvgIpc) is 2.49. The number of halogens is 1. The molecule has 0 unspecified atom stereocenters. The maximum atomic E-state index is 13.2. The van der Waals surface area contributed by atoms with Gasteiger partial charge >= 0.3 is 0 Å². The van der Waals surface area contributed by atoms with Crippen LogP contribution in [0.3, 0.4) is 0 Å². The molecule has 1 N–H and O–H groups in total. The Morgan fingerprint density at radius 3 is 2.71 bits per heavy atom. The largest absolute Gasteiger partial charge is 0.385 e. The van der Waals surface area contributed by atoms with E-state index in [2.05, 4.69) is 11.8 Å². The number of aliphatic hydroxyl groups is 1. The van der Waals surface area contributed by atoms with Gasteiger partial charge < -0.3 is 19.3 Å². The second kappa shape index (κ2) is 11.2. The highest BCUT2D eigenvalue weighted by Gasteiger charge is 2.02. The Bertz CT molecular complexity index is 465. The Labute approximate surface area is 124 Å². The summed E-state index contributed by atoms with van der Waals surface area (Å²) in [7, 11) is 1.66. The molecule has 0 radical (unpaired) electrons. The van der Waals surface area contributed by atoms with E-state index in [0.717, 1.165) is 12.0 Å². The molecular formula is C16H21FO4. The van der Waals surface area contributed by atoms with Gasteiger partial charge in [-0.05, 0) is 24.1 Å². The third kappa shape index (κ3) is 7.78. The SMILES string of the molecule is COCCCOCCOCc1ccc(F)cc1C#CCO. The van der Waals surface area contributed by atoms with Crippen LogP contribution in [0.2, 0.25) is 0 Å². The van der Waals surface area contributed by atoms with Crippen LogP contribution < -0.4 is 0 Å². The average molecular weight is 296 g/mol. The molecule has 116 valence electrons. The molecule has 1 aromatic carbocycles. The van der Waals surface area contributed by atoms with Crippen LogP contribution >= 0.6 is 0 Å². The number of methoxy groups -OCH3 is 1. The third-order valence-corrected chi connectivity index (χ3v) is 2.64. The van der Waals surface area contributed by atoms with Gasteiger partial charge in [0, 0.05) is 25.9 Å². The van der Waals surface area contributed by atoms with Crippen LogP contribution in [0.1, 0.15) is 17.5 Å². The van der Waals surface area contributed by atoms with Crippen LogP contribution in [0, 0.1) is 17.7 Å². The molecule has 0 aromatic heterocycles. The summed E-state index contributed by atoms with van der Waals surface area (Å²) in [6.07, 6.45) is 0.857. The topological polar surface area (TPSA) is 47.9 Å². The fraction of sp³-hybridized carbons (Fsp3) is 0.500. The summed E-state index contributed by atoms with van der Waals surface area (Å²) >= 11 is 0. The van der Waals surface area contributed by atoms with Crippen molar-refractivity contribution in [2.45, 2.75) is 13.0 Å². The molecule has 4 nitrogen and oxygen atoms in total. The molecule has 0 amide bonds. The zero-order chi connectivity index (χ0) is 15.3. The van der Waals surface area contributed by atoms with Crippen molar-refractivity contribution in [3.05, 3.63) is 35.1 Å². The van der Waals surface area contributed by atoms with Crippen LogP contribution in [0.15, 0.2) is 18.2 Å². The normalized spacial score (nSPS) is 10.2. The molecule has 0 aliphatic carbocycles. The van der Waals surface area contributed by atoms with Crippen LogP contribution in [0.5, 0.6) is 0 Å². The number of aliphatic hydroxyl groups excluding tert-OH is 1.